The number of thiophene rings is 1. The van der Waals surface area contributed by atoms with E-state index in [1.54, 1.807) is 23.5 Å². The van der Waals surface area contributed by atoms with Crippen molar-refractivity contribution in [1.82, 2.24) is 0 Å². The molecule has 5 nitrogen and oxygen atoms in total. The minimum absolute atomic E-state index is 0.271. The average molecular weight is 483 g/mol. The Morgan fingerprint density at radius 2 is 1.54 bits per heavy atom. The highest BCUT2D eigenvalue weighted by atomic mass is 32.1. The second kappa shape index (κ2) is 11.8. The summed E-state index contributed by atoms with van der Waals surface area (Å²) in [6.45, 7) is 1.21. The van der Waals surface area contributed by atoms with Crippen molar-refractivity contribution in [1.29, 1.82) is 0 Å². The third kappa shape index (κ3) is 6.68. The van der Waals surface area contributed by atoms with E-state index in [-0.39, 0.29) is 5.91 Å². The third-order valence-corrected chi connectivity index (χ3v) is 6.22. The molecule has 0 spiro atoms. The Bertz CT molecular complexity index is 1240. The lowest BCUT2D eigenvalue weighted by atomic mass is 10.1. The van der Waals surface area contributed by atoms with Crippen LogP contribution in [-0.4, -0.2) is 19.0 Å². The number of anilines is 2. The number of rotatable bonds is 9. The van der Waals surface area contributed by atoms with Crippen LogP contribution in [0.4, 0.5) is 11.4 Å². The van der Waals surface area contributed by atoms with Gasteiger partial charge in [-0.25, -0.2) is 4.79 Å². The van der Waals surface area contributed by atoms with E-state index >= 15 is 0 Å². The van der Waals surface area contributed by atoms with Crippen LogP contribution in [0.1, 0.15) is 26.4 Å². The molecule has 0 bridgehead atoms. The van der Waals surface area contributed by atoms with Crippen molar-refractivity contribution in [3.8, 4) is 0 Å². The number of methoxy groups -OCH3 is 1. The van der Waals surface area contributed by atoms with Crippen molar-refractivity contribution in [3.63, 3.8) is 0 Å². The summed E-state index contributed by atoms with van der Waals surface area (Å²) in [7, 11) is 1.36. The van der Waals surface area contributed by atoms with E-state index in [2.05, 4.69) is 34.5 Å². The predicted molar refractivity (Wildman–Crippen MR) is 143 cm³/mol. The first-order valence-electron chi connectivity index (χ1n) is 11.2. The number of hydrogen-bond acceptors (Lipinski definition) is 5. The minimum atomic E-state index is -0.462. The predicted octanol–water partition coefficient (Wildman–Crippen LogP) is 6.39. The summed E-state index contributed by atoms with van der Waals surface area (Å²) >= 11 is 1.55. The lowest BCUT2D eigenvalue weighted by Gasteiger charge is -2.27. The largest absolute Gasteiger partial charge is 0.465 e. The van der Waals surface area contributed by atoms with Gasteiger partial charge < -0.3 is 15.0 Å². The summed E-state index contributed by atoms with van der Waals surface area (Å²) < 4.78 is 5.09. The van der Waals surface area contributed by atoms with Gasteiger partial charge in [-0.15, -0.1) is 11.3 Å². The van der Waals surface area contributed by atoms with E-state index in [1.807, 2.05) is 66.0 Å². The number of carbonyl (C=O) groups excluding carboxylic acids is 2. The van der Waals surface area contributed by atoms with Gasteiger partial charge in [0.25, 0.3) is 0 Å². The van der Waals surface area contributed by atoms with E-state index in [0.29, 0.717) is 24.3 Å². The molecule has 0 aliphatic carbocycles. The lowest BCUT2D eigenvalue weighted by molar-refractivity contribution is -0.111. The van der Waals surface area contributed by atoms with Crippen molar-refractivity contribution < 1.29 is 14.3 Å². The summed E-state index contributed by atoms with van der Waals surface area (Å²) in [5.41, 5.74) is 3.89. The number of nitrogens with one attached hydrogen (secondary N) is 1. The normalized spacial score (nSPS) is 10.8. The highest BCUT2D eigenvalue weighted by molar-refractivity contribution is 7.10. The molecule has 4 aromatic rings. The molecule has 0 unspecified atom stereocenters. The fourth-order valence-electron chi connectivity index (χ4n) is 3.72. The number of carbonyl (C=O) groups is 2. The standard InChI is InChI=1S/C29H26N2O3S/c1-34-29(33)26-19-24(30-28(32)17-15-25-13-8-18-35-25)14-16-27(26)31(20-22-9-4-2-5-10-22)21-23-11-6-3-7-12-23/h2-19H,20-21H2,1H3,(H,30,32)/b17-15+. The molecule has 0 saturated heterocycles. The number of amides is 1. The van der Waals surface area contributed by atoms with Gasteiger partial charge in [-0.3, -0.25) is 4.79 Å². The second-order valence-corrected chi connectivity index (χ2v) is 8.87. The zero-order valence-corrected chi connectivity index (χ0v) is 20.2. The number of nitrogens with zero attached hydrogens (tertiary/aromatic N) is 1. The van der Waals surface area contributed by atoms with Crippen LogP contribution in [0, 0.1) is 0 Å². The van der Waals surface area contributed by atoms with Gasteiger partial charge >= 0.3 is 5.97 Å². The van der Waals surface area contributed by atoms with E-state index in [1.165, 1.54) is 13.2 Å². The Labute approximate surface area is 209 Å². The molecule has 1 amide bonds. The molecule has 3 aromatic carbocycles. The monoisotopic (exact) mass is 482 g/mol. The number of esters is 1. The molecule has 0 atom stereocenters. The van der Waals surface area contributed by atoms with E-state index in [0.717, 1.165) is 21.7 Å². The van der Waals surface area contributed by atoms with Gasteiger partial charge in [0.1, 0.15) is 0 Å². The van der Waals surface area contributed by atoms with E-state index < -0.39 is 5.97 Å². The number of ether oxygens (including phenoxy) is 1. The highest BCUT2D eigenvalue weighted by Gasteiger charge is 2.19. The minimum Gasteiger partial charge on any atom is -0.465 e. The Kier molecular flexibility index (Phi) is 8.09. The molecule has 0 radical (unpaired) electrons. The van der Waals surface area contributed by atoms with Crippen LogP contribution in [0.15, 0.2) is 102 Å². The SMILES string of the molecule is COC(=O)c1cc(NC(=O)/C=C/c2cccs2)ccc1N(Cc1ccccc1)Cc1ccccc1. The molecule has 1 N–H and O–H groups in total. The highest BCUT2D eigenvalue weighted by Crippen LogP contribution is 2.28. The summed E-state index contributed by atoms with van der Waals surface area (Å²) in [5.74, 6) is -0.733. The Morgan fingerprint density at radius 3 is 2.11 bits per heavy atom. The maximum atomic E-state index is 12.8. The van der Waals surface area contributed by atoms with Crippen molar-refractivity contribution in [3.05, 3.63) is 124 Å². The zero-order chi connectivity index (χ0) is 24.5. The number of hydrogen-bond donors (Lipinski definition) is 1. The quantitative estimate of drug-likeness (QED) is 0.222. The van der Waals surface area contributed by atoms with Crippen molar-refractivity contribution >= 4 is 40.7 Å². The summed E-state index contributed by atoms with van der Waals surface area (Å²) in [6.07, 6.45) is 3.24. The zero-order valence-electron chi connectivity index (χ0n) is 19.4. The first-order valence-corrected chi connectivity index (χ1v) is 12.1. The van der Waals surface area contributed by atoms with Gasteiger partial charge in [0.05, 0.1) is 18.4 Å². The van der Waals surface area contributed by atoms with Crippen LogP contribution < -0.4 is 10.2 Å². The maximum absolute atomic E-state index is 12.8. The number of benzene rings is 3. The molecular formula is C29H26N2O3S. The van der Waals surface area contributed by atoms with Crippen LogP contribution in [0.5, 0.6) is 0 Å². The summed E-state index contributed by atoms with van der Waals surface area (Å²) in [5, 5.41) is 4.80. The van der Waals surface area contributed by atoms with Gasteiger partial charge in [0.15, 0.2) is 0 Å². The Balaban J connectivity index is 1.63. The first-order chi connectivity index (χ1) is 17.1. The summed E-state index contributed by atoms with van der Waals surface area (Å²) in [6, 6.07) is 29.4. The molecule has 4 rings (SSSR count). The van der Waals surface area contributed by atoms with E-state index in [4.69, 9.17) is 4.74 Å². The van der Waals surface area contributed by atoms with Crippen molar-refractivity contribution in [2.45, 2.75) is 13.1 Å². The van der Waals surface area contributed by atoms with Gasteiger partial charge in [-0.1, -0.05) is 66.7 Å². The fraction of sp³-hybridized carbons (Fsp3) is 0.103. The van der Waals surface area contributed by atoms with Crippen LogP contribution in [0.2, 0.25) is 0 Å². The smallest absolute Gasteiger partial charge is 0.340 e. The molecular weight excluding hydrogens is 456 g/mol. The van der Waals surface area contributed by atoms with Gasteiger partial charge in [-0.05, 0) is 46.8 Å². The van der Waals surface area contributed by atoms with Gasteiger partial charge in [0.2, 0.25) is 5.91 Å². The molecule has 0 aliphatic heterocycles. The summed E-state index contributed by atoms with van der Waals surface area (Å²) in [4.78, 5) is 28.4. The maximum Gasteiger partial charge on any atom is 0.340 e. The van der Waals surface area contributed by atoms with Crippen LogP contribution in [-0.2, 0) is 22.6 Å². The van der Waals surface area contributed by atoms with Crippen LogP contribution in [0.3, 0.4) is 0 Å². The fourth-order valence-corrected chi connectivity index (χ4v) is 4.34. The molecule has 6 heteroatoms. The van der Waals surface area contributed by atoms with Crippen molar-refractivity contribution in [2.75, 3.05) is 17.3 Å². The molecule has 35 heavy (non-hydrogen) atoms. The molecule has 0 saturated carbocycles. The van der Waals surface area contributed by atoms with Crippen LogP contribution in [0.25, 0.3) is 6.08 Å². The lowest BCUT2D eigenvalue weighted by Crippen LogP contribution is -2.24. The molecule has 0 fully saturated rings. The Hall–Kier alpha value is -4.16. The second-order valence-electron chi connectivity index (χ2n) is 7.89. The molecule has 1 aromatic heterocycles. The first kappa shape index (κ1) is 24.0. The van der Waals surface area contributed by atoms with Crippen LogP contribution >= 0.6 is 11.3 Å². The molecule has 0 aliphatic rings. The van der Waals surface area contributed by atoms with Gasteiger partial charge in [-0.2, -0.15) is 0 Å². The topological polar surface area (TPSA) is 58.6 Å². The molecule has 1 heterocycles. The van der Waals surface area contributed by atoms with Crippen molar-refractivity contribution in [2.24, 2.45) is 0 Å². The molecule has 176 valence electrons. The average Bonchev–Trinajstić information content (AvgIpc) is 3.42. The van der Waals surface area contributed by atoms with E-state index in [9.17, 15) is 9.59 Å². The van der Waals surface area contributed by atoms with Gasteiger partial charge in [0, 0.05) is 29.7 Å². The Morgan fingerprint density at radius 1 is 0.886 bits per heavy atom. The third-order valence-electron chi connectivity index (χ3n) is 5.38.